The first-order chi connectivity index (χ1) is 14.6. The molecule has 156 valence electrons. The number of nitrogens with zero attached hydrogens (tertiary/aromatic N) is 5. The molecule has 0 bridgehead atoms. The molecule has 30 heavy (non-hydrogen) atoms. The number of amides is 1. The highest BCUT2D eigenvalue weighted by atomic mass is 16.3. The van der Waals surface area contributed by atoms with Gasteiger partial charge in [-0.2, -0.15) is 20.0 Å². The Labute approximate surface area is 173 Å². The predicted molar refractivity (Wildman–Crippen MR) is 112 cm³/mol. The van der Waals surface area contributed by atoms with E-state index in [1.165, 1.54) is 11.0 Å². The van der Waals surface area contributed by atoms with Crippen LogP contribution in [-0.4, -0.2) is 48.6 Å². The minimum atomic E-state index is -0.625. The quantitative estimate of drug-likeness (QED) is 0.464. The Hall–Kier alpha value is -3.53. The second-order valence-corrected chi connectivity index (χ2v) is 7.29. The van der Waals surface area contributed by atoms with Crippen LogP contribution in [0.3, 0.4) is 0 Å². The van der Waals surface area contributed by atoms with Gasteiger partial charge in [-0.1, -0.05) is 18.9 Å². The van der Waals surface area contributed by atoms with Crippen molar-refractivity contribution >= 4 is 23.4 Å². The Morgan fingerprint density at radius 3 is 2.80 bits per heavy atom. The highest BCUT2D eigenvalue weighted by Gasteiger charge is 2.25. The topological polar surface area (TPSA) is 144 Å². The number of aliphatic hydroxyl groups is 1. The maximum absolute atomic E-state index is 11.9. The van der Waals surface area contributed by atoms with Gasteiger partial charge in [0.1, 0.15) is 11.4 Å². The van der Waals surface area contributed by atoms with Crippen molar-refractivity contribution in [2.24, 2.45) is 11.7 Å². The number of primary amides is 1. The number of hydrogen-bond acceptors (Lipinski definition) is 8. The number of aliphatic hydroxyl groups excluding tert-OH is 1. The van der Waals surface area contributed by atoms with Gasteiger partial charge in [0, 0.05) is 30.5 Å². The molecule has 0 spiro atoms. The first-order valence-corrected chi connectivity index (χ1v) is 9.92. The molecule has 0 aliphatic heterocycles. The van der Waals surface area contributed by atoms with Crippen LogP contribution in [0, 0.1) is 5.92 Å². The van der Waals surface area contributed by atoms with Crippen molar-refractivity contribution in [3.8, 4) is 5.69 Å². The zero-order chi connectivity index (χ0) is 20.9. The fourth-order valence-corrected chi connectivity index (χ4v) is 3.70. The summed E-state index contributed by atoms with van der Waals surface area (Å²) in [6.45, 7) is 0.121. The Bertz CT molecular complexity index is 1010. The highest BCUT2D eigenvalue weighted by Crippen LogP contribution is 2.27. The first-order valence-electron chi connectivity index (χ1n) is 9.92. The predicted octanol–water partition coefficient (Wildman–Crippen LogP) is 1.86. The number of nitrogens with two attached hydrogens (primary N) is 1. The van der Waals surface area contributed by atoms with E-state index in [0.29, 0.717) is 17.5 Å². The average Bonchev–Trinajstić information content (AvgIpc) is 3.29. The summed E-state index contributed by atoms with van der Waals surface area (Å²) in [5.41, 5.74) is 7.16. The van der Waals surface area contributed by atoms with Crippen LogP contribution in [0.15, 0.2) is 42.9 Å². The third-order valence-corrected chi connectivity index (χ3v) is 5.27. The van der Waals surface area contributed by atoms with Crippen LogP contribution in [-0.2, 0) is 0 Å². The van der Waals surface area contributed by atoms with Gasteiger partial charge in [-0.3, -0.25) is 4.79 Å². The van der Waals surface area contributed by atoms with Crippen molar-refractivity contribution in [1.29, 1.82) is 0 Å². The Morgan fingerprint density at radius 1 is 1.23 bits per heavy atom. The molecule has 0 radical (unpaired) electrons. The van der Waals surface area contributed by atoms with E-state index in [1.807, 2.05) is 24.3 Å². The van der Waals surface area contributed by atoms with E-state index in [4.69, 9.17) is 5.73 Å². The van der Waals surface area contributed by atoms with Crippen LogP contribution in [0.25, 0.3) is 5.69 Å². The second kappa shape index (κ2) is 8.87. The van der Waals surface area contributed by atoms with Gasteiger partial charge in [0.2, 0.25) is 5.95 Å². The standard InChI is InChI=1S/C20H24N8O2/c21-18(30)16-11-22-20(26-17-7-2-1-4-13(17)12-29)27-19(16)25-14-5-3-6-15(10-14)28-23-8-9-24-28/h3,5-6,8-11,13,17,29H,1-2,4,7,12H2,(H2,21,30)(H2,22,25,26,27)/t13-,17-/m1/s1. The van der Waals surface area contributed by atoms with Crippen LogP contribution in [0.4, 0.5) is 17.5 Å². The van der Waals surface area contributed by atoms with E-state index in [0.717, 1.165) is 31.4 Å². The van der Waals surface area contributed by atoms with Crippen molar-refractivity contribution in [3.63, 3.8) is 0 Å². The number of nitrogens with one attached hydrogen (secondary N) is 2. The van der Waals surface area contributed by atoms with E-state index in [2.05, 4.69) is 30.8 Å². The molecule has 1 aliphatic rings. The number of carbonyl (C=O) groups excluding carboxylic acids is 1. The number of rotatable bonds is 7. The molecular weight excluding hydrogens is 384 g/mol. The molecule has 0 saturated heterocycles. The molecule has 1 amide bonds. The van der Waals surface area contributed by atoms with Crippen molar-refractivity contribution in [3.05, 3.63) is 48.4 Å². The summed E-state index contributed by atoms with van der Waals surface area (Å²) in [4.78, 5) is 22.1. The van der Waals surface area contributed by atoms with E-state index in [-0.39, 0.29) is 24.1 Å². The SMILES string of the molecule is NC(=O)c1cnc(N[C@@H]2CCCC[C@@H]2CO)nc1Nc1cccc(-n2nccn2)c1. The number of hydrogen-bond donors (Lipinski definition) is 4. The van der Waals surface area contributed by atoms with Crippen LogP contribution >= 0.6 is 0 Å². The number of benzene rings is 1. The van der Waals surface area contributed by atoms with Crippen LogP contribution in [0.5, 0.6) is 0 Å². The Morgan fingerprint density at radius 2 is 2.03 bits per heavy atom. The lowest BCUT2D eigenvalue weighted by molar-refractivity contribution is 0.100. The molecule has 10 heteroatoms. The van der Waals surface area contributed by atoms with E-state index in [1.54, 1.807) is 12.4 Å². The fraction of sp³-hybridized carbons (Fsp3) is 0.350. The third-order valence-electron chi connectivity index (χ3n) is 5.27. The van der Waals surface area contributed by atoms with Gasteiger partial charge in [0.25, 0.3) is 5.91 Å². The largest absolute Gasteiger partial charge is 0.396 e. The molecule has 5 N–H and O–H groups in total. The minimum Gasteiger partial charge on any atom is -0.396 e. The van der Waals surface area contributed by atoms with E-state index < -0.39 is 5.91 Å². The van der Waals surface area contributed by atoms with Crippen LogP contribution < -0.4 is 16.4 Å². The lowest BCUT2D eigenvalue weighted by Gasteiger charge is -2.30. The monoisotopic (exact) mass is 408 g/mol. The molecule has 1 saturated carbocycles. The summed E-state index contributed by atoms with van der Waals surface area (Å²) in [7, 11) is 0. The summed E-state index contributed by atoms with van der Waals surface area (Å²) in [6.07, 6.45) is 8.71. The van der Waals surface area contributed by atoms with Crippen molar-refractivity contribution in [1.82, 2.24) is 25.0 Å². The summed E-state index contributed by atoms with van der Waals surface area (Å²) < 4.78 is 0. The van der Waals surface area contributed by atoms with Crippen LogP contribution in [0.1, 0.15) is 36.0 Å². The first kappa shape index (κ1) is 19.8. The third kappa shape index (κ3) is 4.38. The average molecular weight is 408 g/mol. The second-order valence-electron chi connectivity index (χ2n) is 7.29. The Balaban J connectivity index is 1.59. The maximum atomic E-state index is 11.9. The summed E-state index contributed by atoms with van der Waals surface area (Å²) >= 11 is 0. The molecule has 2 atom stereocenters. The molecule has 2 aromatic heterocycles. The van der Waals surface area contributed by atoms with Gasteiger partial charge in [0.05, 0.1) is 18.1 Å². The zero-order valence-corrected chi connectivity index (χ0v) is 16.4. The Kier molecular flexibility index (Phi) is 5.84. The van der Waals surface area contributed by atoms with Crippen molar-refractivity contribution in [2.75, 3.05) is 17.2 Å². The number of aromatic nitrogens is 5. The van der Waals surface area contributed by atoms with Gasteiger partial charge in [-0.15, -0.1) is 0 Å². The van der Waals surface area contributed by atoms with Gasteiger partial charge in [0.15, 0.2) is 0 Å². The maximum Gasteiger partial charge on any atom is 0.254 e. The summed E-state index contributed by atoms with van der Waals surface area (Å²) in [5, 5.41) is 24.3. The molecule has 1 aromatic carbocycles. The number of anilines is 3. The van der Waals surface area contributed by atoms with Gasteiger partial charge < -0.3 is 21.5 Å². The van der Waals surface area contributed by atoms with Gasteiger partial charge in [-0.05, 0) is 31.0 Å². The molecular formula is C20H24N8O2. The molecule has 0 unspecified atom stereocenters. The highest BCUT2D eigenvalue weighted by molar-refractivity contribution is 5.98. The van der Waals surface area contributed by atoms with Gasteiger partial charge >= 0.3 is 0 Å². The molecule has 1 fully saturated rings. The lowest BCUT2D eigenvalue weighted by Crippen LogP contribution is -2.35. The zero-order valence-electron chi connectivity index (χ0n) is 16.4. The van der Waals surface area contributed by atoms with Crippen LogP contribution in [0.2, 0.25) is 0 Å². The molecule has 4 rings (SSSR count). The summed E-state index contributed by atoms with van der Waals surface area (Å²) in [6, 6.07) is 7.48. The molecule has 3 aromatic rings. The molecule has 2 heterocycles. The van der Waals surface area contributed by atoms with Crippen molar-refractivity contribution < 1.29 is 9.90 Å². The minimum absolute atomic E-state index is 0.0882. The molecule has 10 nitrogen and oxygen atoms in total. The van der Waals surface area contributed by atoms with Crippen molar-refractivity contribution in [2.45, 2.75) is 31.7 Å². The van der Waals surface area contributed by atoms with E-state index >= 15 is 0 Å². The lowest BCUT2D eigenvalue weighted by atomic mass is 9.85. The fourth-order valence-electron chi connectivity index (χ4n) is 3.70. The summed E-state index contributed by atoms with van der Waals surface area (Å²) in [5.74, 6) is 0.229. The van der Waals surface area contributed by atoms with E-state index in [9.17, 15) is 9.90 Å². The smallest absolute Gasteiger partial charge is 0.254 e. The number of carbonyl (C=O) groups is 1. The van der Waals surface area contributed by atoms with Gasteiger partial charge in [-0.25, -0.2) is 4.98 Å². The normalized spacial score (nSPS) is 18.7. The molecule has 1 aliphatic carbocycles.